The van der Waals surface area contributed by atoms with Crippen LogP contribution in [0.25, 0.3) is 11.6 Å². The third kappa shape index (κ3) is 4.02. The quantitative estimate of drug-likeness (QED) is 0.439. The lowest BCUT2D eigenvalue weighted by Crippen LogP contribution is -2.25. The van der Waals surface area contributed by atoms with Gasteiger partial charge in [-0.1, -0.05) is 59.6 Å². The fraction of sp³-hybridized carbons (Fsp3) is 0.125. The largest absolute Gasteiger partial charge is 0.487 e. The Balaban J connectivity index is 1.56. The minimum atomic E-state index is 0.00730. The molecule has 0 aliphatic carbocycles. The SMILES string of the molecule is CCN1C(=O)/C(=C\c2ccc(OCc3ccc(Cl)cc3)c(Cl)c2)c2ccccc21. The predicted octanol–water partition coefficient (Wildman–Crippen LogP) is 6.48. The van der Waals surface area contributed by atoms with E-state index < -0.39 is 0 Å². The second-order valence-corrected chi connectivity index (χ2v) is 7.57. The number of nitrogens with zero attached hydrogens (tertiary/aromatic N) is 1. The van der Waals surface area contributed by atoms with Crippen molar-refractivity contribution in [3.05, 3.63) is 93.5 Å². The van der Waals surface area contributed by atoms with Gasteiger partial charge in [0.05, 0.1) is 10.7 Å². The molecule has 3 aromatic carbocycles. The fourth-order valence-electron chi connectivity index (χ4n) is 3.39. The maximum Gasteiger partial charge on any atom is 0.258 e. The summed E-state index contributed by atoms with van der Waals surface area (Å²) in [5, 5.41) is 1.19. The van der Waals surface area contributed by atoms with E-state index in [1.165, 1.54) is 0 Å². The van der Waals surface area contributed by atoms with Crippen molar-refractivity contribution in [2.24, 2.45) is 0 Å². The molecule has 0 radical (unpaired) electrons. The van der Waals surface area contributed by atoms with Gasteiger partial charge in [0.1, 0.15) is 12.4 Å². The van der Waals surface area contributed by atoms with Gasteiger partial charge in [-0.3, -0.25) is 4.79 Å². The van der Waals surface area contributed by atoms with Gasteiger partial charge in [0, 0.05) is 22.7 Å². The minimum absolute atomic E-state index is 0.00730. The number of benzene rings is 3. The molecule has 146 valence electrons. The Morgan fingerprint density at radius 1 is 1.00 bits per heavy atom. The molecule has 0 N–H and O–H groups in total. The van der Waals surface area contributed by atoms with E-state index in [4.69, 9.17) is 27.9 Å². The Kier molecular flexibility index (Phi) is 5.61. The number of amides is 1. The van der Waals surface area contributed by atoms with Gasteiger partial charge in [0.25, 0.3) is 5.91 Å². The summed E-state index contributed by atoms with van der Waals surface area (Å²) in [6.07, 6.45) is 1.88. The van der Waals surface area contributed by atoms with Crippen molar-refractivity contribution >= 4 is 46.4 Å². The van der Waals surface area contributed by atoms with Gasteiger partial charge in [0.15, 0.2) is 0 Å². The van der Waals surface area contributed by atoms with Crippen molar-refractivity contribution in [3.8, 4) is 5.75 Å². The van der Waals surface area contributed by atoms with Crippen LogP contribution in [0.15, 0.2) is 66.7 Å². The molecule has 4 rings (SSSR count). The van der Waals surface area contributed by atoms with Crippen LogP contribution in [0.1, 0.15) is 23.6 Å². The summed E-state index contributed by atoms with van der Waals surface area (Å²) < 4.78 is 5.83. The second-order valence-electron chi connectivity index (χ2n) is 6.73. The van der Waals surface area contributed by atoms with Crippen LogP contribution in [0.5, 0.6) is 5.75 Å². The fourth-order valence-corrected chi connectivity index (χ4v) is 3.76. The maximum absolute atomic E-state index is 12.8. The lowest BCUT2D eigenvalue weighted by molar-refractivity contribution is -0.112. The molecular formula is C24H19Cl2NO2. The summed E-state index contributed by atoms with van der Waals surface area (Å²) in [4.78, 5) is 14.6. The molecule has 1 amide bonds. The molecule has 0 saturated heterocycles. The van der Waals surface area contributed by atoms with Gasteiger partial charge >= 0.3 is 0 Å². The van der Waals surface area contributed by atoms with Gasteiger partial charge in [-0.05, 0) is 54.5 Å². The number of fused-ring (bicyclic) bond motifs is 1. The highest BCUT2D eigenvalue weighted by atomic mass is 35.5. The number of rotatable bonds is 5. The molecule has 29 heavy (non-hydrogen) atoms. The summed E-state index contributed by atoms with van der Waals surface area (Å²) >= 11 is 12.3. The molecule has 0 atom stereocenters. The standard InChI is InChI=1S/C24H19Cl2NO2/c1-2-27-22-6-4-3-5-19(22)20(24(27)28)13-17-9-12-23(21(26)14-17)29-15-16-7-10-18(25)11-8-16/h3-14H,2,15H2,1H3/b20-13-. The molecule has 3 aromatic rings. The Morgan fingerprint density at radius 2 is 1.76 bits per heavy atom. The smallest absolute Gasteiger partial charge is 0.258 e. The predicted molar refractivity (Wildman–Crippen MR) is 120 cm³/mol. The Labute approximate surface area is 180 Å². The van der Waals surface area contributed by atoms with E-state index in [0.29, 0.717) is 34.5 Å². The van der Waals surface area contributed by atoms with Crippen LogP contribution in [0.4, 0.5) is 5.69 Å². The topological polar surface area (TPSA) is 29.5 Å². The molecule has 0 fully saturated rings. The first-order valence-electron chi connectivity index (χ1n) is 9.36. The number of ether oxygens (including phenoxy) is 1. The summed E-state index contributed by atoms with van der Waals surface area (Å²) in [5.74, 6) is 0.602. The minimum Gasteiger partial charge on any atom is -0.487 e. The van der Waals surface area contributed by atoms with Crippen molar-refractivity contribution in [3.63, 3.8) is 0 Å². The second kappa shape index (κ2) is 8.32. The summed E-state index contributed by atoms with van der Waals surface area (Å²) in [5.41, 5.74) is 4.42. The van der Waals surface area contributed by atoms with Crippen LogP contribution in [0.2, 0.25) is 10.0 Å². The van der Waals surface area contributed by atoms with E-state index in [1.807, 2.05) is 79.7 Å². The maximum atomic E-state index is 12.8. The first-order valence-corrected chi connectivity index (χ1v) is 10.1. The lowest BCUT2D eigenvalue weighted by atomic mass is 10.0. The highest BCUT2D eigenvalue weighted by molar-refractivity contribution is 6.36. The van der Waals surface area contributed by atoms with Crippen molar-refractivity contribution in [2.45, 2.75) is 13.5 Å². The van der Waals surface area contributed by atoms with Gasteiger partial charge in [0.2, 0.25) is 0 Å². The zero-order valence-corrected chi connectivity index (χ0v) is 17.4. The number of carbonyl (C=O) groups is 1. The van der Waals surface area contributed by atoms with E-state index in [-0.39, 0.29) is 5.91 Å². The number of hydrogen-bond acceptors (Lipinski definition) is 2. The molecule has 3 nitrogen and oxygen atoms in total. The van der Waals surface area contributed by atoms with Crippen LogP contribution in [-0.4, -0.2) is 12.5 Å². The van der Waals surface area contributed by atoms with Crippen LogP contribution in [0.3, 0.4) is 0 Å². The third-order valence-electron chi connectivity index (χ3n) is 4.85. The zero-order chi connectivity index (χ0) is 20.4. The molecule has 0 saturated carbocycles. The zero-order valence-electron chi connectivity index (χ0n) is 15.9. The lowest BCUT2D eigenvalue weighted by Gasteiger charge is -2.13. The number of anilines is 1. The van der Waals surface area contributed by atoms with Gasteiger partial charge in [-0.15, -0.1) is 0 Å². The first-order chi connectivity index (χ1) is 14.1. The number of halogens is 2. The van der Waals surface area contributed by atoms with E-state index in [9.17, 15) is 4.79 Å². The number of carbonyl (C=O) groups excluding carboxylic acids is 1. The van der Waals surface area contributed by atoms with Gasteiger partial charge in [-0.25, -0.2) is 0 Å². The van der Waals surface area contributed by atoms with Crippen LogP contribution in [0, 0.1) is 0 Å². The van der Waals surface area contributed by atoms with Crippen LogP contribution in [-0.2, 0) is 11.4 Å². The molecule has 0 unspecified atom stereocenters. The van der Waals surface area contributed by atoms with E-state index in [1.54, 1.807) is 4.90 Å². The Hall–Kier alpha value is -2.75. The molecule has 1 heterocycles. The third-order valence-corrected chi connectivity index (χ3v) is 5.40. The van der Waals surface area contributed by atoms with Gasteiger partial charge in [-0.2, -0.15) is 0 Å². The summed E-state index contributed by atoms with van der Waals surface area (Å²) in [7, 11) is 0. The number of para-hydroxylation sites is 1. The average Bonchev–Trinajstić information content (AvgIpc) is 2.99. The van der Waals surface area contributed by atoms with Crippen molar-refractivity contribution < 1.29 is 9.53 Å². The molecule has 0 aromatic heterocycles. The summed E-state index contributed by atoms with van der Waals surface area (Å²) in [6, 6.07) is 20.9. The Bertz CT molecular complexity index is 1090. The van der Waals surface area contributed by atoms with Crippen molar-refractivity contribution in [1.29, 1.82) is 0 Å². The Morgan fingerprint density at radius 3 is 2.48 bits per heavy atom. The highest BCUT2D eigenvalue weighted by Crippen LogP contribution is 2.38. The molecule has 5 heteroatoms. The van der Waals surface area contributed by atoms with Crippen LogP contribution >= 0.6 is 23.2 Å². The monoisotopic (exact) mass is 423 g/mol. The summed E-state index contributed by atoms with van der Waals surface area (Å²) in [6.45, 7) is 3.00. The van der Waals surface area contributed by atoms with Gasteiger partial charge < -0.3 is 9.64 Å². The van der Waals surface area contributed by atoms with E-state index in [0.717, 1.165) is 22.4 Å². The normalized spacial score (nSPS) is 14.4. The number of hydrogen-bond donors (Lipinski definition) is 0. The molecule has 0 bridgehead atoms. The van der Waals surface area contributed by atoms with Crippen molar-refractivity contribution in [1.82, 2.24) is 0 Å². The van der Waals surface area contributed by atoms with E-state index >= 15 is 0 Å². The molecule has 1 aliphatic heterocycles. The average molecular weight is 424 g/mol. The molecular weight excluding hydrogens is 405 g/mol. The van der Waals surface area contributed by atoms with Crippen molar-refractivity contribution in [2.75, 3.05) is 11.4 Å². The first kappa shape index (κ1) is 19.6. The van der Waals surface area contributed by atoms with E-state index in [2.05, 4.69) is 0 Å². The number of likely N-dealkylation sites (N-methyl/N-ethyl adjacent to an activating group) is 1. The molecule has 1 aliphatic rings. The molecule has 0 spiro atoms. The highest BCUT2D eigenvalue weighted by Gasteiger charge is 2.30. The van der Waals surface area contributed by atoms with Crippen LogP contribution < -0.4 is 9.64 Å².